The van der Waals surface area contributed by atoms with Gasteiger partial charge in [-0.25, -0.2) is 0 Å². The van der Waals surface area contributed by atoms with E-state index in [4.69, 9.17) is 9.73 Å². The van der Waals surface area contributed by atoms with Gasteiger partial charge in [0.15, 0.2) is 5.96 Å². The maximum atomic E-state index is 5.66. The van der Waals surface area contributed by atoms with Crippen LogP contribution in [0.4, 0.5) is 0 Å². The van der Waals surface area contributed by atoms with Crippen molar-refractivity contribution in [3.8, 4) is 0 Å². The molecule has 0 saturated carbocycles. The zero-order valence-electron chi connectivity index (χ0n) is 17.0. The van der Waals surface area contributed by atoms with Gasteiger partial charge in [-0.05, 0) is 39.3 Å². The van der Waals surface area contributed by atoms with Gasteiger partial charge in [0.25, 0.3) is 0 Å². The zero-order valence-corrected chi connectivity index (χ0v) is 19.3. The van der Waals surface area contributed by atoms with Crippen molar-refractivity contribution < 1.29 is 4.74 Å². The first kappa shape index (κ1) is 22.4. The second kappa shape index (κ2) is 10.6. The molecule has 2 saturated heterocycles. The van der Waals surface area contributed by atoms with Crippen LogP contribution in [0.15, 0.2) is 35.3 Å². The van der Waals surface area contributed by atoms with Crippen LogP contribution >= 0.6 is 24.0 Å². The van der Waals surface area contributed by atoms with E-state index in [0.29, 0.717) is 11.5 Å². The number of halogens is 1. The van der Waals surface area contributed by atoms with Gasteiger partial charge in [-0.1, -0.05) is 30.3 Å². The SMILES string of the molecule is CCNC(=NCC(C)N(C)Cc1ccccc1)N1CCC2(CCOC2)C1.I. The van der Waals surface area contributed by atoms with E-state index in [1.54, 1.807) is 0 Å². The number of aliphatic imine (C=N–C) groups is 1. The van der Waals surface area contributed by atoms with Crippen LogP contribution in [0, 0.1) is 5.41 Å². The molecule has 2 heterocycles. The number of ether oxygens (including phenoxy) is 1. The smallest absolute Gasteiger partial charge is 0.193 e. The van der Waals surface area contributed by atoms with Crippen molar-refractivity contribution in [2.45, 2.75) is 39.3 Å². The molecule has 5 nitrogen and oxygen atoms in total. The highest BCUT2D eigenvalue weighted by molar-refractivity contribution is 14.0. The van der Waals surface area contributed by atoms with Gasteiger partial charge < -0.3 is 15.0 Å². The summed E-state index contributed by atoms with van der Waals surface area (Å²) in [7, 11) is 2.18. The summed E-state index contributed by atoms with van der Waals surface area (Å²) in [6, 6.07) is 11.0. The van der Waals surface area contributed by atoms with Crippen molar-refractivity contribution in [1.82, 2.24) is 15.1 Å². The molecule has 2 atom stereocenters. The van der Waals surface area contributed by atoms with Crippen LogP contribution in [0.5, 0.6) is 0 Å². The van der Waals surface area contributed by atoms with Crippen molar-refractivity contribution in [1.29, 1.82) is 0 Å². The molecular weight excluding hydrogens is 451 g/mol. The molecule has 0 bridgehead atoms. The first-order chi connectivity index (χ1) is 12.6. The molecule has 2 aliphatic rings. The van der Waals surface area contributed by atoms with Gasteiger partial charge in [0.1, 0.15) is 0 Å². The Morgan fingerprint density at radius 3 is 2.78 bits per heavy atom. The second-order valence-corrected chi connectivity index (χ2v) is 7.92. The van der Waals surface area contributed by atoms with Gasteiger partial charge in [0.2, 0.25) is 0 Å². The van der Waals surface area contributed by atoms with Gasteiger partial charge in [-0.2, -0.15) is 0 Å². The van der Waals surface area contributed by atoms with Gasteiger partial charge in [0, 0.05) is 44.2 Å². The Bertz CT molecular complexity index is 589. The molecule has 6 heteroatoms. The zero-order chi connectivity index (χ0) is 18.4. The van der Waals surface area contributed by atoms with Crippen molar-refractivity contribution in [2.24, 2.45) is 10.4 Å². The number of nitrogens with one attached hydrogen (secondary N) is 1. The fraction of sp³-hybridized carbons (Fsp3) is 0.667. The third-order valence-electron chi connectivity index (χ3n) is 5.79. The number of likely N-dealkylation sites (N-methyl/N-ethyl adjacent to an activating group) is 1. The average Bonchev–Trinajstić information content (AvgIpc) is 3.29. The largest absolute Gasteiger partial charge is 0.381 e. The molecule has 1 N–H and O–H groups in total. The Balaban J connectivity index is 0.00000261. The molecule has 2 unspecified atom stereocenters. The van der Waals surface area contributed by atoms with Crippen LogP contribution in [0.2, 0.25) is 0 Å². The minimum absolute atomic E-state index is 0. The first-order valence-corrected chi connectivity index (χ1v) is 9.97. The summed E-state index contributed by atoms with van der Waals surface area (Å²) < 4.78 is 5.66. The fourth-order valence-electron chi connectivity index (χ4n) is 3.90. The highest BCUT2D eigenvalue weighted by Crippen LogP contribution is 2.38. The molecule has 0 aliphatic carbocycles. The van der Waals surface area contributed by atoms with E-state index in [-0.39, 0.29) is 24.0 Å². The lowest BCUT2D eigenvalue weighted by Gasteiger charge is -2.27. The summed E-state index contributed by atoms with van der Waals surface area (Å²) in [6.45, 7) is 11.1. The Labute approximate surface area is 181 Å². The van der Waals surface area contributed by atoms with Crippen LogP contribution < -0.4 is 5.32 Å². The lowest BCUT2D eigenvalue weighted by Crippen LogP contribution is -2.42. The minimum atomic E-state index is 0. The van der Waals surface area contributed by atoms with Crippen LogP contribution in [-0.2, 0) is 11.3 Å². The van der Waals surface area contributed by atoms with Crippen LogP contribution in [0.1, 0.15) is 32.3 Å². The summed E-state index contributed by atoms with van der Waals surface area (Å²) >= 11 is 0. The standard InChI is InChI=1S/C21H34N4O.HI/c1-4-22-20(25-12-10-21(16-25)11-13-26-17-21)23-14-18(2)24(3)15-19-8-6-5-7-9-19;/h5-9,18H,4,10-17H2,1-3H3,(H,22,23);1H. The Morgan fingerprint density at radius 2 is 2.11 bits per heavy atom. The fourth-order valence-corrected chi connectivity index (χ4v) is 3.90. The number of nitrogens with zero attached hydrogens (tertiary/aromatic N) is 3. The molecule has 0 radical (unpaired) electrons. The van der Waals surface area contributed by atoms with Crippen molar-refractivity contribution in [3.05, 3.63) is 35.9 Å². The number of hydrogen-bond donors (Lipinski definition) is 1. The molecule has 0 aromatic heterocycles. The quantitative estimate of drug-likeness (QED) is 0.381. The van der Waals surface area contributed by atoms with Gasteiger partial charge >= 0.3 is 0 Å². The second-order valence-electron chi connectivity index (χ2n) is 7.92. The molecule has 1 aromatic carbocycles. The molecule has 1 spiro atoms. The van der Waals surface area contributed by atoms with Crippen LogP contribution in [0.25, 0.3) is 0 Å². The molecule has 2 fully saturated rings. The van der Waals surface area contributed by atoms with Gasteiger partial charge in [-0.3, -0.25) is 9.89 Å². The monoisotopic (exact) mass is 486 g/mol. The topological polar surface area (TPSA) is 40.1 Å². The van der Waals surface area contributed by atoms with E-state index < -0.39 is 0 Å². The molecule has 27 heavy (non-hydrogen) atoms. The molecule has 2 aliphatic heterocycles. The third-order valence-corrected chi connectivity index (χ3v) is 5.79. The van der Waals surface area contributed by atoms with E-state index in [0.717, 1.165) is 51.9 Å². The molecule has 1 aromatic rings. The maximum absolute atomic E-state index is 5.66. The predicted octanol–water partition coefficient (Wildman–Crippen LogP) is 3.20. The Morgan fingerprint density at radius 1 is 1.33 bits per heavy atom. The van der Waals surface area contributed by atoms with Gasteiger partial charge in [0.05, 0.1) is 13.2 Å². The molecule has 0 amide bonds. The van der Waals surface area contributed by atoms with E-state index in [9.17, 15) is 0 Å². The summed E-state index contributed by atoms with van der Waals surface area (Å²) in [6.07, 6.45) is 2.42. The van der Waals surface area contributed by atoms with Crippen molar-refractivity contribution >= 4 is 29.9 Å². The van der Waals surface area contributed by atoms with Gasteiger partial charge in [-0.15, -0.1) is 24.0 Å². The first-order valence-electron chi connectivity index (χ1n) is 9.97. The number of benzene rings is 1. The van der Waals surface area contributed by atoms with Crippen LogP contribution in [-0.4, -0.2) is 68.2 Å². The van der Waals surface area contributed by atoms with Crippen molar-refractivity contribution in [2.75, 3.05) is 46.4 Å². The summed E-state index contributed by atoms with van der Waals surface area (Å²) in [5.74, 6) is 1.07. The number of guanidine groups is 1. The van der Waals surface area contributed by atoms with Crippen molar-refractivity contribution in [3.63, 3.8) is 0 Å². The summed E-state index contributed by atoms with van der Waals surface area (Å²) in [4.78, 5) is 9.77. The highest BCUT2D eigenvalue weighted by Gasteiger charge is 2.42. The molecule has 152 valence electrons. The Hall–Kier alpha value is -0.860. The maximum Gasteiger partial charge on any atom is 0.193 e. The van der Waals surface area contributed by atoms with Crippen LogP contribution in [0.3, 0.4) is 0 Å². The molecule has 3 rings (SSSR count). The number of likely N-dealkylation sites (tertiary alicyclic amines) is 1. The summed E-state index contributed by atoms with van der Waals surface area (Å²) in [5.41, 5.74) is 1.71. The highest BCUT2D eigenvalue weighted by atomic mass is 127. The minimum Gasteiger partial charge on any atom is -0.381 e. The average molecular weight is 486 g/mol. The Kier molecular flexibility index (Phi) is 8.82. The lowest BCUT2D eigenvalue weighted by atomic mass is 9.87. The van der Waals surface area contributed by atoms with E-state index in [1.165, 1.54) is 18.4 Å². The van der Waals surface area contributed by atoms with E-state index >= 15 is 0 Å². The lowest BCUT2D eigenvalue weighted by molar-refractivity contribution is 0.156. The van der Waals surface area contributed by atoms with E-state index in [1.807, 2.05) is 0 Å². The summed E-state index contributed by atoms with van der Waals surface area (Å²) in [5, 5.41) is 3.49. The predicted molar refractivity (Wildman–Crippen MR) is 123 cm³/mol. The third kappa shape index (κ3) is 6.06. The normalized spacial score (nSPS) is 23.7. The number of rotatable bonds is 6. The molecular formula is C21H35IN4O. The number of hydrogen-bond acceptors (Lipinski definition) is 3. The van der Waals surface area contributed by atoms with E-state index in [2.05, 4.69) is 66.3 Å².